The van der Waals surface area contributed by atoms with Crippen molar-refractivity contribution in [1.82, 2.24) is 9.21 Å². The topological polar surface area (TPSA) is 87.0 Å². The van der Waals surface area contributed by atoms with Crippen molar-refractivity contribution in [3.8, 4) is 0 Å². The van der Waals surface area contributed by atoms with Crippen molar-refractivity contribution in [2.24, 2.45) is 0 Å². The fourth-order valence-electron chi connectivity index (χ4n) is 3.83. The van der Waals surface area contributed by atoms with Crippen LogP contribution < -0.4 is 4.90 Å². The lowest BCUT2D eigenvalue weighted by atomic mass is 10.1. The van der Waals surface area contributed by atoms with Crippen molar-refractivity contribution in [2.75, 3.05) is 44.2 Å². The van der Waals surface area contributed by atoms with E-state index in [1.807, 2.05) is 29.2 Å². The number of rotatable bonds is 8. The summed E-state index contributed by atoms with van der Waals surface area (Å²) in [6.07, 6.45) is 0. The molecule has 31 heavy (non-hydrogen) atoms. The van der Waals surface area contributed by atoms with Gasteiger partial charge in [-0.1, -0.05) is 37.6 Å². The normalized spacial score (nSPS) is 15.4. The summed E-state index contributed by atoms with van der Waals surface area (Å²) in [6.45, 7) is 7.57. The molecule has 0 atom stereocenters. The monoisotopic (exact) mass is 466 g/mol. The highest BCUT2D eigenvalue weighted by molar-refractivity contribution is 7.89. The van der Waals surface area contributed by atoms with E-state index in [1.165, 1.54) is 16.4 Å². The second-order valence-corrected chi connectivity index (χ2v) is 9.76. The second-order valence-electron chi connectivity index (χ2n) is 7.39. The number of benzene rings is 2. The summed E-state index contributed by atoms with van der Waals surface area (Å²) >= 11 is 6.06. The summed E-state index contributed by atoms with van der Waals surface area (Å²) in [5, 5.41) is 12.4. The minimum atomic E-state index is -3.76. The Labute approximate surface area is 188 Å². The predicted octanol–water partition coefficient (Wildman–Crippen LogP) is 3.60. The number of hydrogen-bond acceptors (Lipinski definition) is 6. The summed E-state index contributed by atoms with van der Waals surface area (Å²) in [7, 11) is -3.76. The van der Waals surface area contributed by atoms with E-state index in [0.717, 1.165) is 25.2 Å². The lowest BCUT2D eigenvalue weighted by Gasteiger charge is -2.36. The number of hydrogen-bond donors (Lipinski definition) is 0. The molecular weight excluding hydrogens is 440 g/mol. The fraction of sp³-hybridized carbons (Fsp3) is 0.429. The zero-order valence-corrected chi connectivity index (χ0v) is 19.3. The van der Waals surface area contributed by atoms with Crippen molar-refractivity contribution in [2.45, 2.75) is 25.3 Å². The average Bonchev–Trinajstić information content (AvgIpc) is 2.74. The minimum absolute atomic E-state index is 0.0498. The lowest BCUT2D eigenvalue weighted by molar-refractivity contribution is -0.384. The number of piperazine rings is 1. The van der Waals surface area contributed by atoms with E-state index in [1.54, 1.807) is 19.9 Å². The minimum Gasteiger partial charge on any atom is -0.363 e. The molecule has 2 aromatic rings. The first-order valence-electron chi connectivity index (χ1n) is 10.3. The summed E-state index contributed by atoms with van der Waals surface area (Å²) in [4.78, 5) is 15.4. The summed E-state index contributed by atoms with van der Waals surface area (Å²) in [6, 6.07) is 11.9. The fourth-order valence-corrected chi connectivity index (χ4v) is 5.52. The van der Waals surface area contributed by atoms with Gasteiger partial charge >= 0.3 is 0 Å². The maximum absolute atomic E-state index is 12.8. The first-order chi connectivity index (χ1) is 14.8. The Balaban J connectivity index is 1.76. The molecule has 3 rings (SSSR count). The van der Waals surface area contributed by atoms with Crippen LogP contribution in [0.4, 0.5) is 11.4 Å². The molecule has 1 heterocycles. The number of anilines is 1. The van der Waals surface area contributed by atoms with E-state index in [0.29, 0.717) is 36.9 Å². The van der Waals surface area contributed by atoms with Gasteiger partial charge in [-0.15, -0.1) is 0 Å². The molecule has 1 saturated heterocycles. The van der Waals surface area contributed by atoms with Gasteiger partial charge in [0, 0.05) is 56.9 Å². The second kappa shape index (κ2) is 9.95. The van der Waals surface area contributed by atoms with Crippen molar-refractivity contribution in [3.63, 3.8) is 0 Å². The van der Waals surface area contributed by atoms with Gasteiger partial charge in [0.05, 0.1) is 9.82 Å². The highest BCUT2D eigenvalue weighted by atomic mass is 35.5. The molecule has 168 valence electrons. The van der Waals surface area contributed by atoms with Crippen molar-refractivity contribution in [3.05, 3.63) is 63.2 Å². The number of halogens is 1. The maximum Gasteiger partial charge on any atom is 0.293 e. The molecule has 0 saturated carbocycles. The molecule has 1 aliphatic heterocycles. The van der Waals surface area contributed by atoms with Gasteiger partial charge in [-0.05, 0) is 29.8 Å². The number of sulfonamides is 1. The molecule has 0 bridgehead atoms. The third kappa shape index (κ3) is 5.35. The van der Waals surface area contributed by atoms with E-state index in [-0.39, 0.29) is 10.6 Å². The highest BCUT2D eigenvalue weighted by Crippen LogP contribution is 2.32. The zero-order valence-electron chi connectivity index (χ0n) is 17.7. The highest BCUT2D eigenvalue weighted by Gasteiger charge is 2.28. The van der Waals surface area contributed by atoms with Crippen LogP contribution in [-0.4, -0.2) is 61.8 Å². The number of nitrogens with zero attached hydrogens (tertiary/aromatic N) is 4. The van der Waals surface area contributed by atoms with Crippen LogP contribution in [0.5, 0.6) is 0 Å². The molecule has 0 aromatic heterocycles. The Morgan fingerprint density at radius 1 is 1.06 bits per heavy atom. The van der Waals surface area contributed by atoms with Crippen LogP contribution in [-0.2, 0) is 16.6 Å². The zero-order chi connectivity index (χ0) is 22.6. The van der Waals surface area contributed by atoms with Crippen LogP contribution >= 0.6 is 11.6 Å². The summed E-state index contributed by atoms with van der Waals surface area (Å²) < 4.78 is 26.8. The number of nitro benzene ring substituents is 1. The molecule has 0 aliphatic carbocycles. The Bertz CT molecular complexity index is 1040. The van der Waals surface area contributed by atoms with Crippen LogP contribution in [0.15, 0.2) is 47.4 Å². The molecule has 2 aromatic carbocycles. The van der Waals surface area contributed by atoms with Crippen molar-refractivity contribution < 1.29 is 13.3 Å². The van der Waals surface area contributed by atoms with Gasteiger partial charge in [0.2, 0.25) is 10.0 Å². The van der Waals surface area contributed by atoms with Gasteiger partial charge in [-0.2, -0.15) is 4.31 Å². The average molecular weight is 467 g/mol. The van der Waals surface area contributed by atoms with Crippen molar-refractivity contribution in [1.29, 1.82) is 0 Å². The third-order valence-corrected chi connectivity index (χ3v) is 7.78. The largest absolute Gasteiger partial charge is 0.363 e. The van der Waals surface area contributed by atoms with E-state index >= 15 is 0 Å². The molecule has 0 radical (unpaired) electrons. The third-order valence-electron chi connectivity index (χ3n) is 5.49. The summed E-state index contributed by atoms with van der Waals surface area (Å²) in [5.74, 6) is 0. The molecule has 10 heteroatoms. The standard InChI is InChI=1S/C21H27ClN4O4S/c1-3-25(4-2)31(29,30)19-8-9-20(21(15-19)26(27)28)24-12-10-23(11-13-24)16-17-6-5-7-18(22)14-17/h5-9,14-15H,3-4,10-13,16H2,1-2H3. The van der Waals surface area contributed by atoms with Crippen molar-refractivity contribution >= 4 is 33.0 Å². The van der Waals surface area contributed by atoms with E-state index < -0.39 is 14.9 Å². The van der Waals surface area contributed by atoms with Crippen LogP contribution in [0, 0.1) is 10.1 Å². The lowest BCUT2D eigenvalue weighted by Crippen LogP contribution is -2.46. The van der Waals surface area contributed by atoms with Gasteiger partial charge in [0.1, 0.15) is 5.69 Å². The Hall–Kier alpha value is -2.20. The molecule has 1 aliphatic rings. The maximum atomic E-state index is 12.8. The molecule has 1 fully saturated rings. The van der Waals surface area contributed by atoms with Gasteiger partial charge < -0.3 is 4.90 Å². The Morgan fingerprint density at radius 3 is 2.32 bits per heavy atom. The van der Waals surface area contributed by atoms with Gasteiger partial charge in [0.25, 0.3) is 5.69 Å². The van der Waals surface area contributed by atoms with Gasteiger partial charge in [-0.25, -0.2) is 8.42 Å². The van der Waals surface area contributed by atoms with Crippen LogP contribution in [0.3, 0.4) is 0 Å². The predicted molar refractivity (Wildman–Crippen MR) is 122 cm³/mol. The number of nitro groups is 1. The molecule has 0 amide bonds. The molecule has 0 N–H and O–H groups in total. The van der Waals surface area contributed by atoms with Crippen LogP contribution in [0.1, 0.15) is 19.4 Å². The summed E-state index contributed by atoms with van der Waals surface area (Å²) in [5.41, 5.74) is 1.39. The Morgan fingerprint density at radius 2 is 1.74 bits per heavy atom. The van der Waals surface area contributed by atoms with Crippen LogP contribution in [0.25, 0.3) is 0 Å². The van der Waals surface area contributed by atoms with Crippen LogP contribution in [0.2, 0.25) is 5.02 Å². The van der Waals surface area contributed by atoms with E-state index in [4.69, 9.17) is 11.6 Å². The first kappa shape index (κ1) is 23.5. The van der Waals surface area contributed by atoms with E-state index in [2.05, 4.69) is 4.90 Å². The SMILES string of the molecule is CCN(CC)S(=O)(=O)c1ccc(N2CCN(Cc3cccc(Cl)c3)CC2)c([N+](=O)[O-])c1. The smallest absolute Gasteiger partial charge is 0.293 e. The quantitative estimate of drug-likeness (QED) is 0.436. The molecule has 0 unspecified atom stereocenters. The molecule has 0 spiro atoms. The first-order valence-corrected chi connectivity index (χ1v) is 12.1. The van der Waals surface area contributed by atoms with Gasteiger partial charge in [-0.3, -0.25) is 15.0 Å². The van der Waals surface area contributed by atoms with Gasteiger partial charge in [0.15, 0.2) is 0 Å². The van der Waals surface area contributed by atoms with E-state index in [9.17, 15) is 18.5 Å². The Kier molecular flexibility index (Phi) is 7.53. The molecular formula is C21H27ClN4O4S. The molecule has 8 nitrogen and oxygen atoms in total.